The third kappa shape index (κ3) is 4.29. The number of thiophene rings is 1. The lowest BCUT2D eigenvalue weighted by atomic mass is 9.92. The van der Waals surface area contributed by atoms with Crippen LogP contribution in [0.25, 0.3) is 54.4 Å². The summed E-state index contributed by atoms with van der Waals surface area (Å²) in [4.78, 5) is 5.97. The van der Waals surface area contributed by atoms with Crippen molar-refractivity contribution in [2.24, 2.45) is 5.41 Å². The molecule has 0 saturated heterocycles. The van der Waals surface area contributed by atoms with Gasteiger partial charge in [-0.05, 0) is 52.9 Å². The van der Waals surface area contributed by atoms with Crippen LogP contribution in [0, 0.1) is 5.41 Å². The van der Waals surface area contributed by atoms with Gasteiger partial charge in [0.05, 0.1) is 11.3 Å². The lowest BCUT2D eigenvalue weighted by Gasteiger charge is -2.16. The molecule has 0 amide bonds. The Bertz CT molecular complexity index is 1790. The van der Waals surface area contributed by atoms with E-state index in [4.69, 9.17) is 4.42 Å². The number of furan rings is 1. The van der Waals surface area contributed by atoms with E-state index < -0.39 is 11.7 Å². The van der Waals surface area contributed by atoms with E-state index in [9.17, 15) is 13.2 Å². The first-order valence-electron chi connectivity index (χ1n) is 12.1. The summed E-state index contributed by atoms with van der Waals surface area (Å²) in [5, 5.41) is 3.89. The van der Waals surface area contributed by atoms with Crippen molar-refractivity contribution in [3.63, 3.8) is 0 Å². The maximum Gasteiger partial charge on any atom is 0.418 e. The van der Waals surface area contributed by atoms with Gasteiger partial charge in [0.15, 0.2) is 0 Å². The largest absolute Gasteiger partial charge is 0.456 e. The number of alkyl halides is 3. The van der Waals surface area contributed by atoms with E-state index in [2.05, 4.69) is 25.8 Å². The summed E-state index contributed by atoms with van der Waals surface area (Å²) in [6.07, 6.45) is -2.75. The first-order valence-corrected chi connectivity index (χ1v) is 12.9. The molecule has 3 heterocycles. The molecule has 6 rings (SSSR count). The summed E-state index contributed by atoms with van der Waals surface area (Å²) in [5.74, 6) is 0. The molecular formula is C31H24F3NOS. The lowest BCUT2D eigenvalue weighted by Crippen LogP contribution is -2.08. The van der Waals surface area contributed by atoms with E-state index in [0.29, 0.717) is 16.2 Å². The minimum Gasteiger partial charge on any atom is -0.456 e. The number of pyridine rings is 1. The molecule has 0 bridgehead atoms. The number of para-hydroxylation sites is 1. The van der Waals surface area contributed by atoms with E-state index in [0.717, 1.165) is 50.2 Å². The first kappa shape index (κ1) is 23.7. The summed E-state index contributed by atoms with van der Waals surface area (Å²) >= 11 is 1.41. The van der Waals surface area contributed by atoms with E-state index in [-0.39, 0.29) is 11.0 Å². The zero-order valence-electron chi connectivity index (χ0n) is 20.6. The monoisotopic (exact) mass is 515 g/mol. The molecule has 0 saturated carbocycles. The highest BCUT2D eigenvalue weighted by molar-refractivity contribution is 7.15. The van der Waals surface area contributed by atoms with Crippen LogP contribution in [-0.2, 0) is 12.6 Å². The maximum absolute atomic E-state index is 14.1. The molecule has 0 atom stereocenters. The SMILES string of the molecule is CC(C)(C)Cc1ccc(-c2cc(-c3cc4oc5ccccc5c4c4ccccc34)ncc2C(F)(F)F)s1. The van der Waals surface area contributed by atoms with Crippen LogP contribution in [0.15, 0.2) is 83.4 Å². The minimum absolute atomic E-state index is 0.0410. The fraction of sp³-hybridized carbons (Fsp3) is 0.194. The Balaban J connectivity index is 1.59. The molecule has 2 nitrogen and oxygen atoms in total. The summed E-state index contributed by atoms with van der Waals surface area (Å²) in [7, 11) is 0. The van der Waals surface area contributed by atoms with Gasteiger partial charge in [0, 0.05) is 37.9 Å². The predicted molar refractivity (Wildman–Crippen MR) is 146 cm³/mol. The van der Waals surface area contributed by atoms with Crippen LogP contribution < -0.4 is 0 Å². The predicted octanol–water partition coefficient (Wildman–Crippen LogP) is 10.1. The number of halogens is 3. The number of rotatable bonds is 3. The van der Waals surface area contributed by atoms with Gasteiger partial charge in [-0.1, -0.05) is 63.2 Å². The van der Waals surface area contributed by atoms with Crippen LogP contribution in [-0.4, -0.2) is 4.98 Å². The van der Waals surface area contributed by atoms with Crippen molar-refractivity contribution in [1.29, 1.82) is 0 Å². The van der Waals surface area contributed by atoms with Gasteiger partial charge in [0.1, 0.15) is 11.2 Å². The van der Waals surface area contributed by atoms with Gasteiger partial charge < -0.3 is 4.42 Å². The zero-order valence-corrected chi connectivity index (χ0v) is 21.4. The van der Waals surface area contributed by atoms with Gasteiger partial charge >= 0.3 is 6.18 Å². The van der Waals surface area contributed by atoms with Crippen molar-refractivity contribution in [2.45, 2.75) is 33.4 Å². The molecule has 0 radical (unpaired) electrons. The van der Waals surface area contributed by atoms with E-state index in [1.165, 1.54) is 11.3 Å². The molecule has 0 aliphatic heterocycles. The van der Waals surface area contributed by atoms with E-state index >= 15 is 0 Å². The molecule has 0 spiro atoms. The maximum atomic E-state index is 14.1. The highest BCUT2D eigenvalue weighted by Crippen LogP contribution is 2.44. The lowest BCUT2D eigenvalue weighted by molar-refractivity contribution is -0.137. The molecule has 3 aromatic carbocycles. The quantitative estimate of drug-likeness (QED) is 0.234. The Morgan fingerprint density at radius 1 is 0.784 bits per heavy atom. The Labute approximate surface area is 216 Å². The number of hydrogen-bond acceptors (Lipinski definition) is 3. The van der Waals surface area contributed by atoms with Crippen LogP contribution >= 0.6 is 11.3 Å². The second-order valence-corrected chi connectivity index (χ2v) is 11.7. The molecule has 0 fully saturated rings. The second-order valence-electron chi connectivity index (χ2n) is 10.6. The summed E-state index contributed by atoms with van der Waals surface area (Å²) in [6, 6.07) is 22.9. The van der Waals surface area contributed by atoms with Crippen LogP contribution in [0.5, 0.6) is 0 Å². The second kappa shape index (κ2) is 8.45. The summed E-state index contributed by atoms with van der Waals surface area (Å²) in [5.41, 5.74) is 2.13. The van der Waals surface area contributed by atoms with Gasteiger partial charge in [-0.2, -0.15) is 13.2 Å². The Kier molecular flexibility index (Phi) is 5.42. The Hall–Kier alpha value is -3.64. The van der Waals surface area contributed by atoms with Crippen molar-refractivity contribution >= 4 is 44.0 Å². The molecule has 0 aliphatic carbocycles. The molecule has 6 aromatic rings. The third-order valence-corrected chi connectivity index (χ3v) is 7.62. The first-order chi connectivity index (χ1) is 17.6. The molecule has 37 heavy (non-hydrogen) atoms. The van der Waals surface area contributed by atoms with Gasteiger partial charge in [0.25, 0.3) is 0 Å². The van der Waals surface area contributed by atoms with Crippen LogP contribution in [0.4, 0.5) is 13.2 Å². The Morgan fingerprint density at radius 3 is 2.22 bits per heavy atom. The van der Waals surface area contributed by atoms with Crippen LogP contribution in [0.2, 0.25) is 0 Å². The molecule has 6 heteroatoms. The number of benzene rings is 3. The minimum atomic E-state index is -4.51. The number of hydrogen-bond donors (Lipinski definition) is 0. The molecule has 0 unspecified atom stereocenters. The van der Waals surface area contributed by atoms with Gasteiger partial charge in [0.2, 0.25) is 0 Å². The van der Waals surface area contributed by atoms with Crippen LogP contribution in [0.3, 0.4) is 0 Å². The molecule has 186 valence electrons. The molecular weight excluding hydrogens is 491 g/mol. The average Bonchev–Trinajstić information content (AvgIpc) is 3.45. The Morgan fingerprint density at radius 2 is 1.49 bits per heavy atom. The number of nitrogens with zero attached hydrogens (tertiary/aromatic N) is 1. The average molecular weight is 516 g/mol. The highest BCUT2D eigenvalue weighted by atomic mass is 32.1. The van der Waals surface area contributed by atoms with Crippen molar-refractivity contribution in [3.8, 4) is 21.7 Å². The summed E-state index contributed by atoms with van der Waals surface area (Å²) in [6.45, 7) is 6.37. The van der Waals surface area contributed by atoms with Gasteiger partial charge in [-0.15, -0.1) is 11.3 Å². The van der Waals surface area contributed by atoms with Crippen molar-refractivity contribution in [1.82, 2.24) is 4.98 Å². The highest BCUT2D eigenvalue weighted by Gasteiger charge is 2.35. The zero-order chi connectivity index (χ0) is 25.9. The number of fused-ring (bicyclic) bond motifs is 5. The van der Waals surface area contributed by atoms with E-state index in [1.54, 1.807) is 12.1 Å². The van der Waals surface area contributed by atoms with Crippen LogP contribution in [0.1, 0.15) is 31.2 Å². The standard InChI is InChI=1S/C31H24F3NOS/c1-30(2,3)16-18-12-13-28(37-18)23-14-25(35-17-24(23)31(32,33)34)22-15-27-29(20-9-5-4-8-19(20)22)21-10-6-7-11-26(21)36-27/h4-15,17H,16H2,1-3H3. The topological polar surface area (TPSA) is 26.0 Å². The van der Waals surface area contributed by atoms with Gasteiger partial charge in [-0.3, -0.25) is 4.98 Å². The molecule has 0 N–H and O–H groups in total. The van der Waals surface area contributed by atoms with Crippen molar-refractivity contribution in [2.75, 3.05) is 0 Å². The molecule has 0 aliphatic rings. The summed E-state index contributed by atoms with van der Waals surface area (Å²) < 4.78 is 48.4. The fourth-order valence-corrected chi connectivity index (χ4v) is 6.31. The van der Waals surface area contributed by atoms with Crippen molar-refractivity contribution in [3.05, 3.63) is 89.4 Å². The van der Waals surface area contributed by atoms with E-state index in [1.807, 2.05) is 60.7 Å². The normalized spacial score (nSPS) is 12.7. The third-order valence-electron chi connectivity index (χ3n) is 6.50. The van der Waals surface area contributed by atoms with Crippen molar-refractivity contribution < 1.29 is 17.6 Å². The fourth-order valence-electron chi connectivity index (χ4n) is 4.97. The molecule has 3 aromatic heterocycles. The number of aromatic nitrogens is 1. The smallest absolute Gasteiger partial charge is 0.418 e. The van der Waals surface area contributed by atoms with Gasteiger partial charge in [-0.25, -0.2) is 0 Å².